The third-order valence-electron chi connectivity index (χ3n) is 8.10. The first-order valence-corrected chi connectivity index (χ1v) is 13.8. The van der Waals surface area contributed by atoms with Gasteiger partial charge in [0.25, 0.3) is 0 Å². The van der Waals surface area contributed by atoms with Gasteiger partial charge in [0.05, 0.1) is 18.3 Å². The Labute approximate surface area is 210 Å². The van der Waals surface area contributed by atoms with Gasteiger partial charge >= 0.3 is 0 Å². The fourth-order valence-corrected chi connectivity index (χ4v) is 7.42. The second-order valence-electron chi connectivity index (χ2n) is 10.3. The maximum Gasteiger partial charge on any atom is 0.222 e. The van der Waals surface area contributed by atoms with E-state index in [1.165, 1.54) is 31.5 Å². The molecule has 0 spiro atoms. The highest BCUT2D eigenvalue weighted by Crippen LogP contribution is 2.43. The second-order valence-corrected chi connectivity index (χ2v) is 11.3. The van der Waals surface area contributed by atoms with Crippen LogP contribution in [0.5, 0.6) is 0 Å². The number of amides is 2. The molecule has 2 amide bonds. The van der Waals surface area contributed by atoms with Gasteiger partial charge in [-0.25, -0.2) is 4.98 Å². The number of hydrogen-bond acceptors (Lipinski definition) is 5. The van der Waals surface area contributed by atoms with E-state index >= 15 is 0 Å². The Morgan fingerprint density at radius 1 is 1.23 bits per heavy atom. The fourth-order valence-electron chi connectivity index (χ4n) is 6.61. The lowest BCUT2D eigenvalue weighted by molar-refractivity contribution is -0.131. The first-order valence-electron chi connectivity index (χ1n) is 13.0. The monoisotopic (exact) mass is 501 g/mol. The molecule has 2 aromatic rings. The Balaban J connectivity index is 1.26. The number of imidazole rings is 1. The van der Waals surface area contributed by atoms with Crippen molar-refractivity contribution in [2.45, 2.75) is 96.4 Å². The molecule has 35 heavy (non-hydrogen) atoms. The predicted octanol–water partition coefficient (Wildman–Crippen LogP) is 4.12. The molecule has 9 heteroatoms. The predicted molar refractivity (Wildman–Crippen MR) is 134 cm³/mol. The molecule has 1 unspecified atom stereocenters. The van der Waals surface area contributed by atoms with Crippen LogP contribution in [0.25, 0.3) is 0 Å². The molecule has 0 saturated carbocycles. The zero-order valence-corrected chi connectivity index (χ0v) is 21.7. The number of thiophene rings is 1. The molecule has 2 bridgehead atoms. The summed E-state index contributed by atoms with van der Waals surface area (Å²) >= 11 is 1.12. The molecule has 4 atom stereocenters. The van der Waals surface area contributed by atoms with Crippen LogP contribution in [0.1, 0.15) is 86.5 Å². The van der Waals surface area contributed by atoms with E-state index in [9.17, 15) is 14.0 Å². The molecule has 5 rings (SSSR count). The second kappa shape index (κ2) is 10.0. The quantitative estimate of drug-likeness (QED) is 0.620. The number of carbonyl (C=O) groups is 2. The minimum atomic E-state index is -0.211. The molecule has 1 N–H and O–H groups in total. The number of aromatic nitrogens is 2. The zero-order chi connectivity index (χ0) is 24.7. The van der Waals surface area contributed by atoms with Crippen molar-refractivity contribution in [2.75, 3.05) is 13.1 Å². The van der Waals surface area contributed by atoms with Crippen molar-refractivity contribution in [3.8, 4) is 0 Å². The maximum absolute atomic E-state index is 13.6. The van der Waals surface area contributed by atoms with E-state index in [2.05, 4.69) is 21.7 Å². The van der Waals surface area contributed by atoms with Gasteiger partial charge < -0.3 is 14.8 Å². The topological polar surface area (TPSA) is 70.5 Å². The van der Waals surface area contributed by atoms with Crippen LogP contribution in [-0.4, -0.2) is 56.3 Å². The normalized spacial score (nSPS) is 24.9. The van der Waals surface area contributed by atoms with Crippen LogP contribution in [0.15, 0.2) is 12.1 Å². The van der Waals surface area contributed by atoms with Gasteiger partial charge in [0.15, 0.2) is 5.13 Å². The van der Waals surface area contributed by atoms with Crippen LogP contribution in [0.2, 0.25) is 0 Å². The van der Waals surface area contributed by atoms with E-state index in [4.69, 9.17) is 4.98 Å². The third-order valence-corrected chi connectivity index (χ3v) is 9.09. The first-order chi connectivity index (χ1) is 16.8. The van der Waals surface area contributed by atoms with E-state index in [0.29, 0.717) is 31.1 Å². The zero-order valence-electron chi connectivity index (χ0n) is 20.9. The van der Waals surface area contributed by atoms with E-state index in [1.54, 1.807) is 6.07 Å². The number of hydrogen-bond donors (Lipinski definition) is 1. The summed E-state index contributed by atoms with van der Waals surface area (Å²) in [5.74, 6) is 1.20. The molecule has 190 valence electrons. The molecule has 7 nitrogen and oxygen atoms in total. The molecule has 2 aromatic heterocycles. The number of rotatable bonds is 7. The van der Waals surface area contributed by atoms with Gasteiger partial charge in [0.1, 0.15) is 5.82 Å². The van der Waals surface area contributed by atoms with Crippen molar-refractivity contribution in [3.63, 3.8) is 0 Å². The van der Waals surface area contributed by atoms with Gasteiger partial charge in [-0.05, 0) is 51.2 Å². The summed E-state index contributed by atoms with van der Waals surface area (Å²) in [6.07, 6.45) is 6.83. The van der Waals surface area contributed by atoms with Gasteiger partial charge in [-0.15, -0.1) is 11.3 Å². The molecular weight excluding hydrogens is 465 g/mol. The van der Waals surface area contributed by atoms with Crippen LogP contribution in [0, 0.1) is 12.1 Å². The molecule has 2 saturated heterocycles. The van der Waals surface area contributed by atoms with Crippen molar-refractivity contribution in [1.82, 2.24) is 24.7 Å². The van der Waals surface area contributed by atoms with Crippen LogP contribution in [0.4, 0.5) is 4.39 Å². The summed E-state index contributed by atoms with van der Waals surface area (Å²) in [5, 5.41) is 2.81. The number of fused-ring (bicyclic) bond motifs is 3. The third kappa shape index (κ3) is 4.89. The van der Waals surface area contributed by atoms with E-state index in [-0.39, 0.29) is 23.0 Å². The highest BCUT2D eigenvalue weighted by Gasteiger charge is 2.42. The number of piperidine rings is 1. The lowest BCUT2D eigenvalue weighted by Crippen LogP contribution is -2.45. The summed E-state index contributed by atoms with van der Waals surface area (Å²) < 4.78 is 16.1. The van der Waals surface area contributed by atoms with Gasteiger partial charge in [0.2, 0.25) is 11.8 Å². The average Bonchev–Trinajstić information content (AvgIpc) is 3.47. The molecule has 0 radical (unpaired) electrons. The molecule has 3 aliphatic rings. The molecule has 0 aliphatic carbocycles. The van der Waals surface area contributed by atoms with Crippen molar-refractivity contribution in [1.29, 1.82) is 0 Å². The van der Waals surface area contributed by atoms with Gasteiger partial charge in [-0.2, -0.15) is 4.39 Å². The lowest BCUT2D eigenvalue weighted by atomic mass is 9.95. The molecule has 0 aromatic carbocycles. The van der Waals surface area contributed by atoms with Crippen molar-refractivity contribution in [3.05, 3.63) is 39.4 Å². The van der Waals surface area contributed by atoms with Crippen LogP contribution < -0.4 is 5.32 Å². The Morgan fingerprint density at radius 2 is 1.97 bits per heavy atom. The standard InChI is InChI=1S/C26H36FN5O2S/c1-4-26(34)30-11-10-23-22(15-30)28-16(2)32(23)20-13-18-5-6-19(14-20)31(18)12-9-21(29-17(3)33)24-7-8-25(27)35-24/h7-8,18-21H,4-6,9-15H2,1-3H3,(H,29,33)/t18-,19+,20?,21-/m0/s1. The number of aryl methyl sites for hydroxylation is 1. The highest BCUT2D eigenvalue weighted by atomic mass is 32.1. The minimum Gasteiger partial charge on any atom is -0.349 e. The van der Waals surface area contributed by atoms with Gasteiger partial charge in [-0.1, -0.05) is 6.92 Å². The summed E-state index contributed by atoms with van der Waals surface area (Å²) in [6.45, 7) is 7.87. The lowest BCUT2D eigenvalue weighted by Gasteiger charge is -2.41. The van der Waals surface area contributed by atoms with Gasteiger partial charge in [-0.3, -0.25) is 14.5 Å². The van der Waals surface area contributed by atoms with E-state index in [1.807, 2.05) is 11.8 Å². The molecule has 3 aliphatic heterocycles. The summed E-state index contributed by atoms with van der Waals surface area (Å²) in [7, 11) is 0. The van der Waals surface area contributed by atoms with Crippen molar-refractivity contribution < 1.29 is 14.0 Å². The molecule has 2 fully saturated rings. The smallest absolute Gasteiger partial charge is 0.222 e. The first kappa shape index (κ1) is 24.4. The summed E-state index contributed by atoms with van der Waals surface area (Å²) in [6, 6.07) is 4.63. The Kier molecular flexibility index (Phi) is 6.99. The number of carbonyl (C=O) groups excluding carboxylic acids is 2. The van der Waals surface area contributed by atoms with Crippen LogP contribution >= 0.6 is 11.3 Å². The Bertz CT molecular complexity index is 1080. The SMILES string of the molecule is CCC(=O)N1CCc2c(nc(C)n2C2C[C@H]3CC[C@@H](C2)N3CC[C@H](NC(C)=O)c2ccc(F)s2)C1. The summed E-state index contributed by atoms with van der Waals surface area (Å²) in [5.41, 5.74) is 2.40. The largest absolute Gasteiger partial charge is 0.349 e. The van der Waals surface area contributed by atoms with Crippen LogP contribution in [-0.2, 0) is 22.6 Å². The van der Waals surface area contributed by atoms with E-state index < -0.39 is 0 Å². The van der Waals surface area contributed by atoms with Crippen molar-refractivity contribution >= 4 is 23.2 Å². The maximum atomic E-state index is 13.6. The van der Waals surface area contributed by atoms with Crippen LogP contribution in [0.3, 0.4) is 0 Å². The van der Waals surface area contributed by atoms with E-state index in [0.717, 1.165) is 66.5 Å². The Hall–Kier alpha value is -2.26. The average molecular weight is 502 g/mol. The van der Waals surface area contributed by atoms with Gasteiger partial charge in [0, 0.05) is 61.6 Å². The van der Waals surface area contributed by atoms with Crippen molar-refractivity contribution in [2.24, 2.45) is 0 Å². The minimum absolute atomic E-state index is 0.0787. The highest BCUT2D eigenvalue weighted by molar-refractivity contribution is 7.10. The molecular formula is C26H36FN5O2S. The summed E-state index contributed by atoms with van der Waals surface area (Å²) in [4.78, 5) is 34.3. The number of halogens is 1. The number of nitrogens with one attached hydrogen (secondary N) is 1. The fraction of sp³-hybridized carbons (Fsp3) is 0.654. The number of nitrogens with zero attached hydrogens (tertiary/aromatic N) is 4. The molecule has 5 heterocycles. The Morgan fingerprint density at radius 3 is 2.60 bits per heavy atom.